The van der Waals surface area contributed by atoms with Gasteiger partial charge in [0.15, 0.2) is 0 Å². The highest BCUT2D eigenvalue weighted by molar-refractivity contribution is 5.85. The Morgan fingerprint density at radius 3 is 2.75 bits per heavy atom. The van der Waals surface area contributed by atoms with Gasteiger partial charge in [-0.2, -0.15) is 0 Å². The molecule has 0 radical (unpaired) electrons. The Labute approximate surface area is 116 Å². The summed E-state index contributed by atoms with van der Waals surface area (Å²) in [5.74, 6) is 0. The van der Waals surface area contributed by atoms with Crippen LogP contribution in [0.2, 0.25) is 0 Å². The summed E-state index contributed by atoms with van der Waals surface area (Å²) >= 11 is 0. The summed E-state index contributed by atoms with van der Waals surface area (Å²) in [6, 6.07) is 7.76. The molecule has 1 aromatic carbocycles. The monoisotopic (exact) mass is 275 g/mol. The van der Waals surface area contributed by atoms with Crippen molar-refractivity contribution in [1.82, 2.24) is 9.88 Å². The van der Waals surface area contributed by atoms with Crippen LogP contribution in [0, 0.1) is 0 Å². The highest BCUT2D eigenvalue weighted by Gasteiger charge is 2.11. The van der Waals surface area contributed by atoms with Crippen LogP contribution in [0.25, 0.3) is 10.8 Å². The van der Waals surface area contributed by atoms with Crippen molar-refractivity contribution in [2.75, 3.05) is 37.8 Å². The zero-order valence-corrected chi connectivity index (χ0v) is 11.3. The Hall–Kier alpha value is -1.88. The molecule has 4 nitrogen and oxygen atoms in total. The van der Waals surface area contributed by atoms with Crippen LogP contribution >= 0.6 is 0 Å². The largest absolute Gasteiger partial charge is 0.369 e. The number of pyridine rings is 1. The lowest BCUT2D eigenvalue weighted by molar-refractivity contribution is 0.441. The van der Waals surface area contributed by atoms with Crippen LogP contribution in [0.5, 0.6) is 0 Å². The van der Waals surface area contributed by atoms with Gasteiger partial charge in [0, 0.05) is 43.4 Å². The maximum absolute atomic E-state index is 12.4. The summed E-state index contributed by atoms with van der Waals surface area (Å²) in [4.78, 5) is 14.5. The van der Waals surface area contributed by atoms with Crippen molar-refractivity contribution in [2.45, 2.75) is 6.54 Å². The Bertz CT molecular complexity index is 662. The zero-order valence-electron chi connectivity index (χ0n) is 11.3. The SMILES string of the molecule is O=c1c2ccc(N3CCNCC3)cc2ccn1CCF. The van der Waals surface area contributed by atoms with Gasteiger partial charge in [0.05, 0.1) is 6.54 Å². The van der Waals surface area contributed by atoms with E-state index in [9.17, 15) is 9.18 Å². The maximum Gasteiger partial charge on any atom is 0.258 e. The van der Waals surface area contributed by atoms with E-state index in [1.54, 1.807) is 6.20 Å². The van der Waals surface area contributed by atoms with Crippen LogP contribution in [-0.2, 0) is 6.54 Å². The fourth-order valence-electron chi connectivity index (χ4n) is 2.66. The highest BCUT2D eigenvalue weighted by atomic mass is 19.1. The minimum Gasteiger partial charge on any atom is -0.369 e. The number of aromatic nitrogens is 1. The molecule has 2 heterocycles. The van der Waals surface area contributed by atoms with E-state index in [0.717, 1.165) is 37.3 Å². The average molecular weight is 275 g/mol. The van der Waals surface area contributed by atoms with E-state index in [0.29, 0.717) is 5.39 Å². The molecular weight excluding hydrogens is 257 g/mol. The van der Waals surface area contributed by atoms with Crippen LogP contribution in [-0.4, -0.2) is 37.4 Å². The first-order chi connectivity index (χ1) is 9.79. The third-order valence-corrected chi connectivity index (χ3v) is 3.77. The second-order valence-corrected chi connectivity index (χ2v) is 5.01. The van der Waals surface area contributed by atoms with Crippen molar-refractivity contribution in [3.8, 4) is 0 Å². The van der Waals surface area contributed by atoms with E-state index in [4.69, 9.17) is 0 Å². The molecule has 0 aliphatic carbocycles. The van der Waals surface area contributed by atoms with Crippen molar-refractivity contribution in [1.29, 1.82) is 0 Å². The third kappa shape index (κ3) is 2.41. The molecule has 0 amide bonds. The Balaban J connectivity index is 1.99. The molecule has 2 aromatic rings. The van der Waals surface area contributed by atoms with Gasteiger partial charge in [-0.15, -0.1) is 0 Å². The smallest absolute Gasteiger partial charge is 0.258 e. The van der Waals surface area contributed by atoms with E-state index < -0.39 is 6.67 Å². The van der Waals surface area contributed by atoms with Crippen molar-refractivity contribution < 1.29 is 4.39 Å². The number of aryl methyl sites for hydroxylation is 1. The summed E-state index contributed by atoms with van der Waals surface area (Å²) in [6.07, 6.45) is 1.67. The zero-order chi connectivity index (χ0) is 13.9. The predicted molar refractivity (Wildman–Crippen MR) is 79.3 cm³/mol. The number of nitrogens with zero attached hydrogens (tertiary/aromatic N) is 2. The minimum absolute atomic E-state index is 0.119. The van der Waals surface area contributed by atoms with Crippen molar-refractivity contribution in [3.05, 3.63) is 40.8 Å². The van der Waals surface area contributed by atoms with Gasteiger partial charge in [-0.3, -0.25) is 4.79 Å². The first-order valence-corrected chi connectivity index (χ1v) is 6.94. The fraction of sp³-hybridized carbons (Fsp3) is 0.400. The predicted octanol–water partition coefficient (Wildman–Crippen LogP) is 1.38. The summed E-state index contributed by atoms with van der Waals surface area (Å²) in [5.41, 5.74) is 1.02. The molecule has 0 bridgehead atoms. The summed E-state index contributed by atoms with van der Waals surface area (Å²) in [6.45, 7) is 3.51. The van der Waals surface area contributed by atoms with Crippen LogP contribution in [0.3, 0.4) is 0 Å². The van der Waals surface area contributed by atoms with Gasteiger partial charge in [0.25, 0.3) is 5.56 Å². The second kappa shape index (κ2) is 5.63. The number of piperazine rings is 1. The molecular formula is C15H18FN3O. The molecule has 5 heteroatoms. The van der Waals surface area contributed by atoms with Gasteiger partial charge in [-0.05, 0) is 29.7 Å². The number of anilines is 1. The molecule has 3 rings (SSSR count). The number of rotatable bonds is 3. The molecule has 20 heavy (non-hydrogen) atoms. The number of alkyl halides is 1. The van der Waals surface area contributed by atoms with Crippen LogP contribution in [0.4, 0.5) is 10.1 Å². The maximum atomic E-state index is 12.4. The molecule has 106 valence electrons. The number of hydrogen-bond donors (Lipinski definition) is 1. The molecule has 1 aromatic heterocycles. The summed E-state index contributed by atoms with van der Waals surface area (Å²) < 4.78 is 13.8. The van der Waals surface area contributed by atoms with Crippen LogP contribution in [0.15, 0.2) is 35.3 Å². The number of hydrogen-bond acceptors (Lipinski definition) is 3. The van der Waals surface area contributed by atoms with Gasteiger partial charge in [-0.1, -0.05) is 0 Å². The lowest BCUT2D eigenvalue weighted by Crippen LogP contribution is -2.43. The van der Waals surface area contributed by atoms with E-state index in [-0.39, 0.29) is 12.1 Å². The molecule has 1 aliphatic rings. The van der Waals surface area contributed by atoms with E-state index in [2.05, 4.69) is 10.2 Å². The van der Waals surface area contributed by atoms with E-state index in [1.165, 1.54) is 4.57 Å². The number of halogens is 1. The quantitative estimate of drug-likeness (QED) is 0.919. The normalized spacial score (nSPS) is 15.8. The average Bonchev–Trinajstić information content (AvgIpc) is 2.51. The van der Waals surface area contributed by atoms with Crippen molar-refractivity contribution in [2.24, 2.45) is 0 Å². The number of nitrogens with one attached hydrogen (secondary N) is 1. The first kappa shape index (κ1) is 13.1. The van der Waals surface area contributed by atoms with E-state index in [1.807, 2.05) is 24.3 Å². The summed E-state index contributed by atoms with van der Waals surface area (Å²) in [7, 11) is 0. The number of benzene rings is 1. The van der Waals surface area contributed by atoms with Crippen LogP contribution < -0.4 is 15.8 Å². The van der Waals surface area contributed by atoms with Gasteiger partial charge in [-0.25, -0.2) is 4.39 Å². The Morgan fingerprint density at radius 1 is 1.20 bits per heavy atom. The molecule has 1 saturated heterocycles. The first-order valence-electron chi connectivity index (χ1n) is 6.94. The lowest BCUT2D eigenvalue weighted by Gasteiger charge is -2.29. The molecule has 0 spiro atoms. The Morgan fingerprint density at radius 2 is 2.00 bits per heavy atom. The topological polar surface area (TPSA) is 37.3 Å². The fourth-order valence-corrected chi connectivity index (χ4v) is 2.66. The molecule has 1 N–H and O–H groups in total. The Kier molecular flexibility index (Phi) is 3.69. The molecule has 1 aliphatic heterocycles. The van der Waals surface area contributed by atoms with Crippen molar-refractivity contribution in [3.63, 3.8) is 0 Å². The molecule has 0 saturated carbocycles. The van der Waals surface area contributed by atoms with Gasteiger partial charge < -0.3 is 14.8 Å². The van der Waals surface area contributed by atoms with Crippen molar-refractivity contribution >= 4 is 16.5 Å². The minimum atomic E-state index is -0.524. The van der Waals surface area contributed by atoms with Crippen LogP contribution in [0.1, 0.15) is 0 Å². The van der Waals surface area contributed by atoms with Gasteiger partial charge in [0.1, 0.15) is 6.67 Å². The van der Waals surface area contributed by atoms with Gasteiger partial charge >= 0.3 is 0 Å². The molecule has 1 fully saturated rings. The lowest BCUT2D eigenvalue weighted by atomic mass is 10.1. The molecule has 0 atom stereocenters. The standard InChI is InChI=1S/C15H18FN3O/c16-4-8-19-7-3-12-11-13(1-2-14(12)15(19)20)18-9-5-17-6-10-18/h1-3,7,11,17H,4-6,8-10H2. The second-order valence-electron chi connectivity index (χ2n) is 5.01. The highest BCUT2D eigenvalue weighted by Crippen LogP contribution is 2.20. The molecule has 0 unspecified atom stereocenters. The van der Waals surface area contributed by atoms with E-state index >= 15 is 0 Å². The third-order valence-electron chi connectivity index (χ3n) is 3.77. The number of fused-ring (bicyclic) bond motifs is 1. The summed E-state index contributed by atoms with van der Waals surface area (Å²) in [5, 5.41) is 4.89. The van der Waals surface area contributed by atoms with Gasteiger partial charge in [0.2, 0.25) is 0 Å².